The quantitative estimate of drug-likeness (QED) is 0.399. The lowest BCUT2D eigenvalue weighted by atomic mass is 10.1. The van der Waals surface area contributed by atoms with Gasteiger partial charge in [-0.3, -0.25) is 9.59 Å². The molecule has 31 heavy (non-hydrogen) atoms. The van der Waals surface area contributed by atoms with Crippen molar-refractivity contribution >= 4 is 51.7 Å². The Kier molecular flexibility index (Phi) is 7.59. The van der Waals surface area contributed by atoms with Gasteiger partial charge in [-0.15, -0.1) is 0 Å². The highest BCUT2D eigenvalue weighted by atomic mass is 35.5. The van der Waals surface area contributed by atoms with Crippen LogP contribution in [0.4, 0.5) is 5.82 Å². The van der Waals surface area contributed by atoms with E-state index in [1.54, 1.807) is 24.3 Å². The number of pyridine rings is 1. The number of aromatic nitrogens is 3. The van der Waals surface area contributed by atoms with Crippen molar-refractivity contribution in [3.63, 3.8) is 0 Å². The first-order valence-corrected chi connectivity index (χ1v) is 10.4. The molecule has 0 saturated heterocycles. The van der Waals surface area contributed by atoms with Gasteiger partial charge in [0.25, 0.3) is 11.5 Å². The molecule has 0 atom stereocenters. The van der Waals surface area contributed by atoms with Crippen LogP contribution in [0.15, 0.2) is 41.3 Å². The molecule has 0 unspecified atom stereocenters. The summed E-state index contributed by atoms with van der Waals surface area (Å²) >= 11 is 11.7. The second-order valence-corrected chi connectivity index (χ2v) is 7.58. The molecule has 2 aromatic heterocycles. The second-order valence-electron chi connectivity index (χ2n) is 6.74. The van der Waals surface area contributed by atoms with Gasteiger partial charge < -0.3 is 10.1 Å². The molecule has 0 aliphatic heterocycles. The zero-order valence-electron chi connectivity index (χ0n) is 16.7. The molecular formula is C21H20Cl2N4O4. The Hall–Kier alpha value is -2.97. The minimum absolute atomic E-state index is 0.0258. The maximum absolute atomic E-state index is 12.7. The molecule has 1 amide bonds. The fourth-order valence-electron chi connectivity index (χ4n) is 2.92. The molecule has 0 aliphatic rings. The lowest BCUT2D eigenvalue weighted by Gasteiger charge is -2.11. The molecule has 0 spiro atoms. The normalized spacial score (nSPS) is 10.8. The number of hydrogen-bond donors (Lipinski definition) is 1. The standard InChI is InChI=1S/C21H20Cl2N4O4/c1-2-3-6-9-27-20(29)15-8-5-4-7-14(15)18(26-27)21(30)31-12-17(28)25-19-16(23)10-13(22)11-24-19/h4-5,7-8,10-11H,2-3,6,9,12H2,1H3,(H,24,25,28). The van der Waals surface area contributed by atoms with Crippen LogP contribution in [0.1, 0.15) is 36.7 Å². The van der Waals surface area contributed by atoms with E-state index < -0.39 is 18.5 Å². The van der Waals surface area contributed by atoms with Crippen molar-refractivity contribution in [2.75, 3.05) is 11.9 Å². The van der Waals surface area contributed by atoms with E-state index in [1.165, 1.54) is 16.9 Å². The zero-order chi connectivity index (χ0) is 22.4. The van der Waals surface area contributed by atoms with Crippen LogP contribution in [0.25, 0.3) is 10.8 Å². The van der Waals surface area contributed by atoms with Gasteiger partial charge in [0.2, 0.25) is 0 Å². The lowest BCUT2D eigenvalue weighted by molar-refractivity contribution is -0.119. The summed E-state index contributed by atoms with van der Waals surface area (Å²) in [7, 11) is 0. The summed E-state index contributed by atoms with van der Waals surface area (Å²) in [4.78, 5) is 41.4. The predicted octanol–water partition coefficient (Wildman–Crippen LogP) is 4.08. The predicted molar refractivity (Wildman–Crippen MR) is 119 cm³/mol. The number of rotatable bonds is 8. The number of benzene rings is 1. The number of carbonyl (C=O) groups is 2. The molecule has 0 bridgehead atoms. The third-order valence-electron chi connectivity index (χ3n) is 4.43. The van der Waals surface area contributed by atoms with Gasteiger partial charge in [-0.25, -0.2) is 14.5 Å². The minimum Gasteiger partial charge on any atom is -0.451 e. The Morgan fingerprint density at radius 2 is 1.90 bits per heavy atom. The van der Waals surface area contributed by atoms with Crippen molar-refractivity contribution in [1.82, 2.24) is 14.8 Å². The molecule has 1 aromatic carbocycles. The van der Waals surface area contributed by atoms with Crippen LogP contribution in [0.2, 0.25) is 10.0 Å². The Labute approximate surface area is 188 Å². The zero-order valence-corrected chi connectivity index (χ0v) is 18.2. The van der Waals surface area contributed by atoms with Crippen LogP contribution in [-0.2, 0) is 16.1 Å². The number of halogens is 2. The van der Waals surface area contributed by atoms with Crippen LogP contribution in [0.5, 0.6) is 0 Å². The van der Waals surface area contributed by atoms with E-state index >= 15 is 0 Å². The number of nitrogens with one attached hydrogen (secondary N) is 1. The monoisotopic (exact) mass is 462 g/mol. The Bertz CT molecular complexity index is 1180. The number of nitrogens with zero attached hydrogens (tertiary/aromatic N) is 3. The van der Waals surface area contributed by atoms with Gasteiger partial charge >= 0.3 is 5.97 Å². The van der Waals surface area contributed by atoms with E-state index in [9.17, 15) is 14.4 Å². The van der Waals surface area contributed by atoms with Crippen LogP contribution in [0, 0.1) is 0 Å². The van der Waals surface area contributed by atoms with Gasteiger partial charge in [0, 0.05) is 18.1 Å². The third-order valence-corrected chi connectivity index (χ3v) is 4.93. The summed E-state index contributed by atoms with van der Waals surface area (Å²) in [5.74, 6) is -1.35. The summed E-state index contributed by atoms with van der Waals surface area (Å²) in [5.41, 5.74) is -0.299. The molecule has 0 fully saturated rings. The SMILES string of the molecule is CCCCCn1nc(C(=O)OCC(=O)Nc2ncc(Cl)cc2Cl)c2ccccc2c1=O. The van der Waals surface area contributed by atoms with Gasteiger partial charge in [-0.05, 0) is 18.6 Å². The average molecular weight is 463 g/mol. The molecule has 3 rings (SSSR count). The Morgan fingerprint density at radius 3 is 2.61 bits per heavy atom. The number of ether oxygens (including phenoxy) is 1. The number of anilines is 1. The fourth-order valence-corrected chi connectivity index (χ4v) is 3.35. The van der Waals surface area contributed by atoms with Crippen molar-refractivity contribution in [3.8, 4) is 0 Å². The molecule has 3 aromatic rings. The van der Waals surface area contributed by atoms with E-state index in [2.05, 4.69) is 22.3 Å². The fraction of sp³-hybridized carbons (Fsp3) is 0.286. The highest BCUT2D eigenvalue weighted by molar-refractivity contribution is 6.36. The van der Waals surface area contributed by atoms with E-state index in [0.717, 1.165) is 19.3 Å². The van der Waals surface area contributed by atoms with E-state index in [4.69, 9.17) is 27.9 Å². The van der Waals surface area contributed by atoms with Gasteiger partial charge in [0.1, 0.15) is 0 Å². The minimum atomic E-state index is -0.814. The van der Waals surface area contributed by atoms with Crippen molar-refractivity contribution in [2.45, 2.75) is 32.7 Å². The number of fused-ring (bicyclic) bond motifs is 1. The molecule has 10 heteroatoms. The third kappa shape index (κ3) is 5.59. The van der Waals surface area contributed by atoms with Crippen molar-refractivity contribution in [1.29, 1.82) is 0 Å². The average Bonchev–Trinajstić information content (AvgIpc) is 2.76. The number of esters is 1. The van der Waals surface area contributed by atoms with Crippen molar-refractivity contribution in [3.05, 3.63) is 62.6 Å². The van der Waals surface area contributed by atoms with Crippen LogP contribution >= 0.6 is 23.2 Å². The molecule has 8 nitrogen and oxygen atoms in total. The largest absolute Gasteiger partial charge is 0.451 e. The van der Waals surface area contributed by atoms with Crippen LogP contribution < -0.4 is 10.9 Å². The first kappa shape index (κ1) is 22.7. The van der Waals surface area contributed by atoms with E-state index in [-0.39, 0.29) is 22.1 Å². The summed E-state index contributed by atoms with van der Waals surface area (Å²) < 4.78 is 6.40. The second kappa shape index (κ2) is 10.4. The number of hydrogen-bond acceptors (Lipinski definition) is 6. The van der Waals surface area contributed by atoms with Crippen LogP contribution in [0.3, 0.4) is 0 Å². The van der Waals surface area contributed by atoms with E-state index in [0.29, 0.717) is 22.3 Å². The molecule has 1 N–H and O–H groups in total. The lowest BCUT2D eigenvalue weighted by Crippen LogP contribution is -2.28. The smallest absolute Gasteiger partial charge is 0.359 e. The molecule has 2 heterocycles. The van der Waals surface area contributed by atoms with Gasteiger partial charge in [-0.1, -0.05) is 61.2 Å². The Balaban J connectivity index is 1.77. The molecule has 162 valence electrons. The molecule has 0 saturated carbocycles. The molecule has 0 aliphatic carbocycles. The summed E-state index contributed by atoms with van der Waals surface area (Å²) in [5, 5.41) is 7.85. The Morgan fingerprint density at radius 1 is 1.16 bits per heavy atom. The van der Waals surface area contributed by atoms with E-state index in [1.807, 2.05) is 0 Å². The summed E-state index contributed by atoms with van der Waals surface area (Å²) in [6.07, 6.45) is 4.00. The topological polar surface area (TPSA) is 103 Å². The number of carbonyl (C=O) groups excluding carboxylic acids is 2. The first-order chi connectivity index (χ1) is 14.9. The maximum atomic E-state index is 12.7. The molecule has 0 radical (unpaired) electrons. The number of aryl methyl sites for hydroxylation is 1. The van der Waals surface area contributed by atoms with Gasteiger partial charge in [0.05, 0.1) is 15.4 Å². The van der Waals surface area contributed by atoms with Gasteiger partial charge in [0.15, 0.2) is 18.1 Å². The number of amides is 1. The van der Waals surface area contributed by atoms with Gasteiger partial charge in [-0.2, -0.15) is 5.10 Å². The maximum Gasteiger partial charge on any atom is 0.359 e. The van der Waals surface area contributed by atoms with Crippen molar-refractivity contribution < 1.29 is 14.3 Å². The molecular weight excluding hydrogens is 443 g/mol. The highest BCUT2D eigenvalue weighted by Crippen LogP contribution is 2.22. The first-order valence-electron chi connectivity index (χ1n) is 9.68. The van der Waals surface area contributed by atoms with Crippen molar-refractivity contribution in [2.24, 2.45) is 0 Å². The highest BCUT2D eigenvalue weighted by Gasteiger charge is 2.19. The summed E-state index contributed by atoms with van der Waals surface area (Å²) in [6, 6.07) is 8.09. The summed E-state index contributed by atoms with van der Waals surface area (Å²) in [6.45, 7) is 1.86. The van der Waals surface area contributed by atoms with Crippen LogP contribution in [-0.4, -0.2) is 33.2 Å². The number of unbranched alkanes of at least 4 members (excludes halogenated alkanes) is 2.